The molecule has 0 aliphatic carbocycles. The normalized spacial score (nSPS) is 25.7. The van der Waals surface area contributed by atoms with Crippen LogP contribution in [0, 0.1) is 0 Å². The molecule has 0 fully saturated rings. The van der Waals surface area contributed by atoms with Gasteiger partial charge in [0.25, 0.3) is 5.85 Å². The van der Waals surface area contributed by atoms with E-state index < -0.39 is 5.85 Å². The van der Waals surface area contributed by atoms with Crippen molar-refractivity contribution in [2.75, 3.05) is 0 Å². The van der Waals surface area contributed by atoms with Gasteiger partial charge in [-0.1, -0.05) is 30.3 Å². The van der Waals surface area contributed by atoms with Crippen LogP contribution < -0.4 is 5.32 Å². The van der Waals surface area contributed by atoms with Gasteiger partial charge in [-0.25, -0.2) is 5.06 Å². The van der Waals surface area contributed by atoms with Gasteiger partial charge in [0.1, 0.15) is 0 Å². The van der Waals surface area contributed by atoms with Gasteiger partial charge in [0.05, 0.1) is 5.70 Å². The Bertz CT molecular complexity index is 402. The maximum atomic E-state index is 10.3. The average Bonchev–Trinajstić information content (AvgIpc) is 2.45. The zero-order valence-corrected chi connectivity index (χ0v) is 8.73. The quantitative estimate of drug-likeness (QED) is 0.649. The van der Waals surface area contributed by atoms with Crippen LogP contribution in [0.15, 0.2) is 41.7 Å². The van der Waals surface area contributed by atoms with Crippen molar-refractivity contribution in [3.63, 3.8) is 0 Å². The van der Waals surface area contributed by atoms with E-state index in [1.54, 1.807) is 26.0 Å². The van der Waals surface area contributed by atoms with Gasteiger partial charge in [0, 0.05) is 11.3 Å². The Morgan fingerprint density at radius 2 is 1.80 bits per heavy atom. The first-order valence-corrected chi connectivity index (χ1v) is 4.78. The average molecular weight is 206 g/mol. The van der Waals surface area contributed by atoms with Crippen LogP contribution in [-0.2, 0) is 5.85 Å². The number of hydroxylamine groups is 2. The lowest BCUT2D eigenvalue weighted by atomic mass is 10.1. The predicted octanol–water partition coefficient (Wildman–Crippen LogP) is 1.33. The highest BCUT2D eigenvalue weighted by Gasteiger charge is 2.41. The molecule has 80 valence electrons. The summed E-state index contributed by atoms with van der Waals surface area (Å²) in [7, 11) is 0. The number of allylic oxidation sites excluding steroid dienone is 2. The Labute approximate surface area is 88.4 Å². The molecule has 2 rings (SSSR count). The smallest absolute Gasteiger partial charge is 0.266 e. The number of nitrogens with one attached hydrogen (secondary N) is 1. The van der Waals surface area contributed by atoms with Gasteiger partial charge in [-0.15, -0.1) is 0 Å². The van der Waals surface area contributed by atoms with Gasteiger partial charge in [-0.3, -0.25) is 5.21 Å². The second-order valence-electron chi connectivity index (χ2n) is 3.69. The maximum Gasteiger partial charge on any atom is 0.266 e. The molecule has 1 aliphatic heterocycles. The Kier molecular flexibility index (Phi) is 2.17. The number of rotatable bonds is 1. The third kappa shape index (κ3) is 1.38. The van der Waals surface area contributed by atoms with Crippen LogP contribution in [0.5, 0.6) is 0 Å². The molecule has 1 aromatic rings. The zero-order chi connectivity index (χ0) is 11.1. The highest BCUT2D eigenvalue weighted by atomic mass is 16.6. The lowest BCUT2D eigenvalue weighted by Gasteiger charge is -2.31. The van der Waals surface area contributed by atoms with Gasteiger partial charge >= 0.3 is 0 Å². The van der Waals surface area contributed by atoms with Crippen molar-refractivity contribution in [3.8, 4) is 0 Å². The van der Waals surface area contributed by atoms with Crippen LogP contribution in [0.3, 0.4) is 0 Å². The van der Waals surface area contributed by atoms with Crippen molar-refractivity contribution >= 4 is 0 Å². The van der Waals surface area contributed by atoms with Crippen molar-refractivity contribution in [1.29, 1.82) is 0 Å². The minimum absolute atomic E-state index is 0.601. The molecule has 4 nitrogen and oxygen atoms in total. The van der Waals surface area contributed by atoms with Crippen LogP contribution in [0.4, 0.5) is 0 Å². The molecular weight excluding hydrogens is 192 g/mol. The minimum Gasteiger partial charge on any atom is -0.349 e. The summed E-state index contributed by atoms with van der Waals surface area (Å²) in [6.45, 7) is 3.54. The Balaban J connectivity index is 2.40. The van der Waals surface area contributed by atoms with Crippen molar-refractivity contribution in [3.05, 3.63) is 47.3 Å². The van der Waals surface area contributed by atoms with Gasteiger partial charge < -0.3 is 10.4 Å². The van der Waals surface area contributed by atoms with Crippen LogP contribution in [-0.4, -0.2) is 15.4 Å². The van der Waals surface area contributed by atoms with Gasteiger partial charge in [0.15, 0.2) is 0 Å². The third-order valence-corrected chi connectivity index (χ3v) is 2.71. The Morgan fingerprint density at radius 1 is 1.20 bits per heavy atom. The van der Waals surface area contributed by atoms with E-state index in [-0.39, 0.29) is 0 Å². The molecule has 1 aromatic carbocycles. The highest BCUT2D eigenvalue weighted by molar-refractivity contribution is 5.27. The maximum absolute atomic E-state index is 10.3. The van der Waals surface area contributed by atoms with Crippen molar-refractivity contribution in [2.45, 2.75) is 19.7 Å². The molecule has 1 aliphatic rings. The molecule has 0 aromatic heterocycles. The van der Waals surface area contributed by atoms with E-state index in [9.17, 15) is 10.3 Å². The molecule has 0 spiro atoms. The fraction of sp³-hybridized carbons (Fsp3) is 0.273. The summed E-state index contributed by atoms with van der Waals surface area (Å²) in [5.74, 6) is -1.55. The molecule has 3 N–H and O–H groups in total. The van der Waals surface area contributed by atoms with E-state index in [0.717, 1.165) is 10.8 Å². The number of aliphatic hydroxyl groups is 1. The summed E-state index contributed by atoms with van der Waals surface area (Å²) in [4.78, 5) is 0. The fourth-order valence-corrected chi connectivity index (χ4v) is 1.67. The van der Waals surface area contributed by atoms with Gasteiger partial charge in [0.2, 0.25) is 0 Å². The summed E-state index contributed by atoms with van der Waals surface area (Å²) in [5, 5.41) is 23.8. The van der Waals surface area contributed by atoms with Crippen LogP contribution in [0.2, 0.25) is 0 Å². The van der Waals surface area contributed by atoms with E-state index in [4.69, 9.17) is 0 Å². The van der Waals surface area contributed by atoms with Crippen LogP contribution >= 0.6 is 0 Å². The zero-order valence-electron chi connectivity index (χ0n) is 8.73. The molecule has 4 heteroatoms. The first-order valence-electron chi connectivity index (χ1n) is 4.78. The molecule has 15 heavy (non-hydrogen) atoms. The van der Waals surface area contributed by atoms with Crippen LogP contribution in [0.1, 0.15) is 19.4 Å². The fourth-order valence-electron chi connectivity index (χ4n) is 1.67. The lowest BCUT2D eigenvalue weighted by molar-refractivity contribution is -0.246. The standard InChI is InChI=1S/C11H14N2O2/c1-8-9(2)13(15)11(14,12-8)10-6-4-3-5-7-10/h3-7,12,14-15H,1-2H3. The topological polar surface area (TPSA) is 55.7 Å². The molecule has 0 amide bonds. The third-order valence-electron chi connectivity index (χ3n) is 2.71. The SMILES string of the molecule is CC1=C(C)N(O)C(O)(c2ccccc2)N1. The number of benzene rings is 1. The highest BCUT2D eigenvalue weighted by Crippen LogP contribution is 2.31. The van der Waals surface area contributed by atoms with Crippen molar-refractivity contribution in [1.82, 2.24) is 10.4 Å². The summed E-state index contributed by atoms with van der Waals surface area (Å²) in [6.07, 6.45) is 0. The monoisotopic (exact) mass is 206 g/mol. The number of hydrogen-bond acceptors (Lipinski definition) is 4. The lowest BCUT2D eigenvalue weighted by Crippen LogP contribution is -2.48. The van der Waals surface area contributed by atoms with E-state index in [1.165, 1.54) is 0 Å². The molecule has 0 saturated carbocycles. The second-order valence-corrected chi connectivity index (χ2v) is 3.69. The molecule has 1 atom stereocenters. The van der Waals surface area contributed by atoms with E-state index in [0.29, 0.717) is 11.3 Å². The summed E-state index contributed by atoms with van der Waals surface area (Å²) in [5.41, 5.74) is 1.97. The number of hydrogen-bond donors (Lipinski definition) is 3. The van der Waals surface area contributed by atoms with Crippen molar-refractivity contribution < 1.29 is 10.3 Å². The van der Waals surface area contributed by atoms with Gasteiger partial charge in [-0.2, -0.15) is 0 Å². The van der Waals surface area contributed by atoms with Crippen molar-refractivity contribution in [2.24, 2.45) is 0 Å². The second kappa shape index (κ2) is 3.25. The Hall–Kier alpha value is -1.52. The predicted molar refractivity (Wildman–Crippen MR) is 55.5 cm³/mol. The van der Waals surface area contributed by atoms with Crippen LogP contribution in [0.25, 0.3) is 0 Å². The first-order chi connectivity index (χ1) is 7.05. The summed E-state index contributed by atoms with van der Waals surface area (Å²) in [6, 6.07) is 8.98. The van der Waals surface area contributed by atoms with E-state index in [1.807, 2.05) is 18.2 Å². The summed E-state index contributed by atoms with van der Waals surface area (Å²) < 4.78 is 0. The molecule has 1 heterocycles. The minimum atomic E-state index is -1.55. The summed E-state index contributed by atoms with van der Waals surface area (Å²) >= 11 is 0. The van der Waals surface area contributed by atoms with E-state index in [2.05, 4.69) is 5.32 Å². The van der Waals surface area contributed by atoms with Gasteiger partial charge in [-0.05, 0) is 13.8 Å². The first kappa shape index (κ1) is 10.0. The van der Waals surface area contributed by atoms with E-state index >= 15 is 0 Å². The molecule has 1 unspecified atom stereocenters. The Morgan fingerprint density at radius 3 is 2.27 bits per heavy atom. The number of nitrogens with zero attached hydrogens (tertiary/aromatic N) is 1. The molecule has 0 radical (unpaired) electrons. The molecular formula is C11H14N2O2. The molecule has 0 saturated heterocycles. The largest absolute Gasteiger partial charge is 0.349 e. The molecule has 0 bridgehead atoms.